The van der Waals surface area contributed by atoms with Crippen molar-refractivity contribution in [3.63, 3.8) is 0 Å². The molecule has 0 amide bonds. The summed E-state index contributed by atoms with van der Waals surface area (Å²) in [5.41, 5.74) is 0. The van der Waals surface area contributed by atoms with Gasteiger partial charge in [0, 0.05) is 0 Å². The number of aliphatic hydroxyl groups is 4. The first-order chi connectivity index (χ1) is 42.5. The van der Waals surface area contributed by atoms with Gasteiger partial charge in [-0.2, -0.15) is 0 Å². The molecule has 0 aliphatic carbocycles. The second-order valence-electron chi connectivity index (χ2n) is 28.6. The van der Waals surface area contributed by atoms with Crippen molar-refractivity contribution in [2.75, 3.05) is 78.8 Å². The van der Waals surface area contributed by atoms with Gasteiger partial charge >= 0.3 is 0 Å². The second-order valence-corrected chi connectivity index (χ2v) is 28.6. The Balaban J connectivity index is -0.000000784. The highest BCUT2D eigenvalue weighted by atomic mass is 79.9. The van der Waals surface area contributed by atoms with Crippen LogP contribution < -0.4 is 34.0 Å². The Morgan fingerprint density at radius 2 is 0.227 bits per heavy atom. The molecule has 0 heterocycles. The summed E-state index contributed by atoms with van der Waals surface area (Å²) in [6.07, 6.45) is 89.9. The van der Waals surface area contributed by atoms with Crippen molar-refractivity contribution in [2.45, 2.75) is 439 Å². The predicted octanol–water partition coefficient (Wildman–Crippen LogP) is 18.6. The minimum absolute atomic E-state index is 0. The standard InChI is InChI=1S/2C40H84NO2.2BrH/c2*1-3-5-7-9-11-13-15-17-19-21-23-25-27-29-31-33-35-41(37-39-42,38-40-43)36-34-32-30-28-26-24-22-20-18-16-14-12-10-8-6-4-2;;/h2*42-43H,3-40H2,1-2H3;2*1H/q2*+1;;/p-2. The van der Waals surface area contributed by atoms with Crippen molar-refractivity contribution in [1.29, 1.82) is 0 Å². The van der Waals surface area contributed by atoms with Crippen LogP contribution in [-0.4, -0.2) is 108 Å². The third kappa shape index (κ3) is 74.1. The first-order valence-corrected chi connectivity index (χ1v) is 40.6. The summed E-state index contributed by atoms with van der Waals surface area (Å²) in [6.45, 7) is 18.0. The molecular formula is C80H168Br2N2O4. The lowest BCUT2D eigenvalue weighted by atomic mass is 10.0. The molecule has 0 aliphatic heterocycles. The molecule has 0 radical (unpaired) electrons. The van der Waals surface area contributed by atoms with E-state index in [0.29, 0.717) is 0 Å². The third-order valence-corrected chi connectivity index (χ3v) is 20.2. The summed E-state index contributed by atoms with van der Waals surface area (Å²) in [5.74, 6) is 0. The topological polar surface area (TPSA) is 80.9 Å². The van der Waals surface area contributed by atoms with E-state index in [9.17, 15) is 20.4 Å². The van der Waals surface area contributed by atoms with Gasteiger partial charge in [0.2, 0.25) is 0 Å². The first kappa shape index (κ1) is 95.1. The van der Waals surface area contributed by atoms with Crippen molar-refractivity contribution in [1.82, 2.24) is 0 Å². The van der Waals surface area contributed by atoms with Crippen molar-refractivity contribution < 1.29 is 63.4 Å². The summed E-state index contributed by atoms with van der Waals surface area (Å²) < 4.78 is 1.87. The monoisotopic (exact) mass is 1380 g/mol. The number of halogens is 2. The van der Waals surface area contributed by atoms with Gasteiger partial charge in [-0.05, 0) is 51.4 Å². The summed E-state index contributed by atoms with van der Waals surface area (Å²) in [5, 5.41) is 39.2. The minimum Gasteiger partial charge on any atom is -1.00 e. The fourth-order valence-corrected chi connectivity index (χ4v) is 14.2. The van der Waals surface area contributed by atoms with Crippen LogP contribution in [0.3, 0.4) is 0 Å². The summed E-state index contributed by atoms with van der Waals surface area (Å²) in [4.78, 5) is 0. The zero-order valence-electron chi connectivity index (χ0n) is 61.2. The Labute approximate surface area is 577 Å². The lowest BCUT2D eigenvalue weighted by Gasteiger charge is -2.38. The van der Waals surface area contributed by atoms with Crippen LogP contribution in [0.2, 0.25) is 0 Å². The summed E-state index contributed by atoms with van der Waals surface area (Å²) >= 11 is 0. The van der Waals surface area contributed by atoms with Crippen LogP contribution in [0.15, 0.2) is 0 Å². The number of nitrogens with zero attached hydrogens (tertiary/aromatic N) is 2. The van der Waals surface area contributed by atoms with Crippen molar-refractivity contribution in [3.05, 3.63) is 0 Å². The molecule has 0 aliphatic rings. The SMILES string of the molecule is CCCCCCCCCCCCCCCCCC[N+](CCO)(CCO)CCCCCCCCCCCCCCCCCC.CCCCCCCCCCCCCCCCCC[N+](CCO)(CCO)CCCCCCCCCCCCCCCCCC.[Br-].[Br-]. The number of quaternary nitrogens is 2. The molecule has 0 aromatic carbocycles. The van der Waals surface area contributed by atoms with Gasteiger partial charge in [0.15, 0.2) is 0 Å². The lowest BCUT2D eigenvalue weighted by molar-refractivity contribution is -0.929. The fourth-order valence-electron chi connectivity index (χ4n) is 14.2. The van der Waals surface area contributed by atoms with Gasteiger partial charge in [0.05, 0.1) is 52.6 Å². The largest absolute Gasteiger partial charge is 1.00 e. The van der Waals surface area contributed by atoms with Crippen LogP contribution in [0.1, 0.15) is 439 Å². The maximum Gasteiger partial charge on any atom is 0.102 e. The van der Waals surface area contributed by atoms with E-state index >= 15 is 0 Å². The van der Waals surface area contributed by atoms with E-state index in [-0.39, 0.29) is 60.4 Å². The van der Waals surface area contributed by atoms with Crippen LogP contribution in [0.5, 0.6) is 0 Å². The van der Waals surface area contributed by atoms with E-state index in [1.54, 1.807) is 0 Å². The van der Waals surface area contributed by atoms with E-state index in [1.807, 2.05) is 0 Å². The van der Waals surface area contributed by atoms with Crippen LogP contribution >= 0.6 is 0 Å². The fraction of sp³-hybridized carbons (Fsp3) is 1.00. The average Bonchev–Trinajstić information content (AvgIpc) is 3.72. The molecule has 0 unspecified atom stereocenters. The highest BCUT2D eigenvalue weighted by Crippen LogP contribution is 2.22. The number of hydrogen-bond acceptors (Lipinski definition) is 4. The molecule has 0 fully saturated rings. The van der Waals surface area contributed by atoms with E-state index < -0.39 is 0 Å². The molecule has 0 atom stereocenters. The van der Waals surface area contributed by atoms with E-state index in [0.717, 1.165) is 61.3 Å². The second kappa shape index (κ2) is 83.8. The molecule has 0 saturated carbocycles. The Bertz CT molecular complexity index is 1010. The van der Waals surface area contributed by atoms with Crippen molar-refractivity contribution in [2.24, 2.45) is 0 Å². The maximum absolute atomic E-state index is 9.80. The van der Waals surface area contributed by atoms with E-state index in [4.69, 9.17) is 0 Å². The lowest BCUT2D eigenvalue weighted by Crippen LogP contribution is -3.00. The smallest absolute Gasteiger partial charge is 0.102 e. The molecule has 8 heteroatoms. The minimum atomic E-state index is 0. The molecule has 0 aromatic rings. The number of rotatable bonds is 76. The van der Waals surface area contributed by atoms with Gasteiger partial charge < -0.3 is 63.4 Å². The van der Waals surface area contributed by atoms with Crippen LogP contribution in [-0.2, 0) is 0 Å². The average molecular weight is 1380 g/mol. The van der Waals surface area contributed by atoms with Gasteiger partial charge in [-0.25, -0.2) is 0 Å². The molecule has 4 N–H and O–H groups in total. The van der Waals surface area contributed by atoms with Crippen molar-refractivity contribution in [3.8, 4) is 0 Å². The maximum atomic E-state index is 9.80. The molecule has 536 valence electrons. The molecule has 6 nitrogen and oxygen atoms in total. The predicted molar refractivity (Wildman–Crippen MR) is 386 cm³/mol. The molecule has 0 bridgehead atoms. The zero-order chi connectivity index (χ0) is 62.7. The van der Waals surface area contributed by atoms with Gasteiger partial charge in [0.1, 0.15) is 26.2 Å². The quantitative estimate of drug-likeness (QED) is 0.0361. The first-order valence-electron chi connectivity index (χ1n) is 40.6. The number of hydrogen-bond donors (Lipinski definition) is 4. The molecular weight excluding hydrogens is 1210 g/mol. The molecule has 0 spiro atoms. The molecule has 0 aromatic heterocycles. The molecule has 0 saturated heterocycles. The summed E-state index contributed by atoms with van der Waals surface area (Å²) in [6, 6.07) is 0. The van der Waals surface area contributed by atoms with Crippen LogP contribution in [0, 0.1) is 0 Å². The zero-order valence-corrected chi connectivity index (χ0v) is 64.4. The third-order valence-electron chi connectivity index (χ3n) is 20.2. The van der Waals surface area contributed by atoms with Gasteiger partial charge in [-0.15, -0.1) is 0 Å². The number of unbranched alkanes of at least 4 members (excludes halogenated alkanes) is 60. The van der Waals surface area contributed by atoms with Crippen LogP contribution in [0.25, 0.3) is 0 Å². The van der Waals surface area contributed by atoms with Gasteiger partial charge in [-0.3, -0.25) is 0 Å². The Morgan fingerprint density at radius 1 is 0.136 bits per heavy atom. The molecule has 0 rings (SSSR count). The highest BCUT2D eigenvalue weighted by molar-refractivity contribution is 4.58. The van der Waals surface area contributed by atoms with Crippen LogP contribution in [0.4, 0.5) is 0 Å². The normalized spacial score (nSPS) is 11.7. The number of aliphatic hydroxyl groups excluding tert-OH is 4. The Morgan fingerprint density at radius 3 is 0.318 bits per heavy atom. The highest BCUT2D eigenvalue weighted by Gasteiger charge is 2.26. The summed E-state index contributed by atoms with van der Waals surface area (Å²) in [7, 11) is 0. The van der Waals surface area contributed by atoms with E-state index in [2.05, 4.69) is 27.7 Å². The van der Waals surface area contributed by atoms with Gasteiger partial charge in [0.25, 0.3) is 0 Å². The van der Waals surface area contributed by atoms with Crippen molar-refractivity contribution >= 4 is 0 Å². The molecule has 88 heavy (non-hydrogen) atoms. The van der Waals surface area contributed by atoms with Gasteiger partial charge in [-0.1, -0.05) is 387 Å². The van der Waals surface area contributed by atoms with E-state index in [1.165, 1.54) is 411 Å². The Kier molecular flexibility index (Phi) is 90.6. The Hall–Kier alpha value is 0.720.